The van der Waals surface area contributed by atoms with Crippen LogP contribution in [0.15, 0.2) is 79.1 Å². The topological polar surface area (TPSA) is 0 Å². The van der Waals surface area contributed by atoms with Crippen LogP contribution in [0.4, 0.5) is 0 Å². The molecule has 0 nitrogen and oxygen atoms in total. The smallest absolute Gasteiger partial charge is 0.00141 e. The molecule has 0 aromatic heterocycles. The lowest BCUT2D eigenvalue weighted by Gasteiger charge is -2.39. The molecular formula is C42H58. The summed E-state index contributed by atoms with van der Waals surface area (Å²) in [6.45, 7) is 24.7. The summed E-state index contributed by atoms with van der Waals surface area (Å²) in [5, 5.41) is 0. The Morgan fingerprint density at radius 2 is 1.76 bits per heavy atom. The van der Waals surface area contributed by atoms with E-state index in [0.29, 0.717) is 5.41 Å². The summed E-state index contributed by atoms with van der Waals surface area (Å²) in [6.07, 6.45) is 20.2. The van der Waals surface area contributed by atoms with Crippen LogP contribution in [-0.4, -0.2) is 0 Å². The van der Waals surface area contributed by atoms with Crippen LogP contribution in [-0.2, 0) is 0 Å². The number of benzene rings is 2. The van der Waals surface area contributed by atoms with Crippen molar-refractivity contribution in [2.45, 2.75) is 119 Å². The molecule has 2 aromatic rings. The molecule has 0 N–H and O–H groups in total. The van der Waals surface area contributed by atoms with E-state index in [1.807, 2.05) is 0 Å². The zero-order valence-corrected chi connectivity index (χ0v) is 28.0. The maximum atomic E-state index is 4.46. The first-order valence-electron chi connectivity index (χ1n) is 16.7. The van der Waals surface area contributed by atoms with Crippen molar-refractivity contribution in [2.75, 3.05) is 0 Å². The van der Waals surface area contributed by atoms with E-state index >= 15 is 0 Å². The average molecular weight is 563 g/mol. The van der Waals surface area contributed by atoms with E-state index in [1.165, 1.54) is 95.0 Å². The third kappa shape index (κ3) is 9.34. The number of rotatable bonds is 14. The molecule has 0 spiro atoms. The van der Waals surface area contributed by atoms with E-state index < -0.39 is 0 Å². The molecule has 1 aliphatic carbocycles. The van der Waals surface area contributed by atoms with E-state index in [1.54, 1.807) is 0 Å². The molecule has 0 aliphatic heterocycles. The number of hydrogen-bond donors (Lipinski definition) is 0. The Morgan fingerprint density at radius 1 is 1.02 bits per heavy atom. The van der Waals surface area contributed by atoms with Gasteiger partial charge in [0.15, 0.2) is 0 Å². The van der Waals surface area contributed by atoms with Crippen molar-refractivity contribution < 1.29 is 0 Å². The Kier molecular flexibility index (Phi) is 12.9. The second-order valence-corrected chi connectivity index (χ2v) is 13.6. The number of hydrogen-bond acceptors (Lipinski definition) is 0. The van der Waals surface area contributed by atoms with E-state index in [0.717, 1.165) is 37.5 Å². The summed E-state index contributed by atoms with van der Waals surface area (Å²) in [7, 11) is 0. The molecule has 0 heteroatoms. The van der Waals surface area contributed by atoms with Crippen LogP contribution in [0.5, 0.6) is 0 Å². The summed E-state index contributed by atoms with van der Waals surface area (Å²) < 4.78 is 0. The largest absolute Gasteiger partial charge is 0.125 e. The van der Waals surface area contributed by atoms with E-state index in [-0.39, 0.29) is 0 Å². The van der Waals surface area contributed by atoms with Crippen LogP contribution in [0.2, 0.25) is 0 Å². The van der Waals surface area contributed by atoms with Gasteiger partial charge in [0.1, 0.15) is 0 Å². The zero-order valence-electron chi connectivity index (χ0n) is 28.0. The van der Waals surface area contributed by atoms with E-state index in [4.69, 9.17) is 0 Å². The lowest BCUT2D eigenvalue weighted by atomic mass is 9.66. The first kappa shape index (κ1) is 33.7. The van der Waals surface area contributed by atoms with E-state index in [9.17, 15) is 0 Å². The van der Waals surface area contributed by atoms with Crippen molar-refractivity contribution in [2.24, 2.45) is 17.3 Å². The van der Waals surface area contributed by atoms with Crippen molar-refractivity contribution in [1.82, 2.24) is 0 Å². The molecule has 0 radical (unpaired) electrons. The van der Waals surface area contributed by atoms with Gasteiger partial charge in [-0.15, -0.1) is 5.73 Å². The molecule has 0 atom stereocenters. The monoisotopic (exact) mass is 562 g/mol. The lowest BCUT2D eigenvalue weighted by molar-refractivity contribution is 0.148. The fourth-order valence-corrected chi connectivity index (χ4v) is 6.71. The third-order valence-electron chi connectivity index (χ3n) is 9.88. The molecule has 0 bridgehead atoms. The summed E-state index contributed by atoms with van der Waals surface area (Å²) >= 11 is 0. The Bertz CT molecular complexity index is 1300. The zero-order chi connectivity index (χ0) is 30.7. The Balaban J connectivity index is 1.69. The van der Waals surface area contributed by atoms with Crippen molar-refractivity contribution >= 4 is 11.1 Å². The number of aryl methyl sites for hydroxylation is 2. The van der Waals surface area contributed by atoms with Gasteiger partial charge in [0.05, 0.1) is 0 Å². The molecular weight excluding hydrogens is 504 g/mol. The third-order valence-corrected chi connectivity index (χ3v) is 9.88. The fourth-order valence-electron chi connectivity index (χ4n) is 6.71. The van der Waals surface area contributed by atoms with Crippen LogP contribution >= 0.6 is 0 Å². The quantitative estimate of drug-likeness (QED) is 0.122. The standard InChI is InChI=1S/C42H58/c1-10-13-14-15-18-35(11-2)19-16-17-32(6)38-22-23-40(34(8)28-38)39-21-20-33(7)41(29-39)36(12-3)30-42(9)26-24-37(25-27-42)31(4)5/h11,15,18,20-23,28-29,31,37H,3,6,10,13-14,16-17,19,24-27,30H2,1-2,4-5,7-9H3. The van der Waals surface area contributed by atoms with E-state index in [2.05, 4.69) is 122 Å². The second-order valence-electron chi connectivity index (χ2n) is 13.6. The predicted molar refractivity (Wildman–Crippen MR) is 189 cm³/mol. The summed E-state index contributed by atoms with van der Waals surface area (Å²) in [4.78, 5) is 0. The van der Waals surface area contributed by atoms with Gasteiger partial charge in [-0.25, -0.2) is 0 Å². The number of unbranched alkanes of at least 4 members (excludes halogenated alkanes) is 2. The molecule has 226 valence electrons. The van der Waals surface area contributed by atoms with Gasteiger partial charge in [-0.3, -0.25) is 0 Å². The second kappa shape index (κ2) is 16.1. The molecule has 0 saturated heterocycles. The van der Waals surface area contributed by atoms with Crippen LogP contribution in [0.1, 0.15) is 128 Å². The average Bonchev–Trinajstić information content (AvgIpc) is 2.97. The Morgan fingerprint density at radius 3 is 2.38 bits per heavy atom. The highest BCUT2D eigenvalue weighted by atomic mass is 14.4. The minimum Gasteiger partial charge on any atom is -0.125 e. The maximum Gasteiger partial charge on any atom is 0.00141 e. The lowest BCUT2D eigenvalue weighted by Crippen LogP contribution is -2.27. The van der Waals surface area contributed by atoms with Gasteiger partial charge in [0.25, 0.3) is 0 Å². The van der Waals surface area contributed by atoms with Gasteiger partial charge in [-0.2, -0.15) is 0 Å². The molecule has 3 rings (SSSR count). The molecule has 0 unspecified atom stereocenters. The fraction of sp³-hybridized carbons (Fsp3) is 0.500. The Labute approximate surface area is 259 Å². The maximum absolute atomic E-state index is 4.46. The van der Waals surface area contributed by atoms with Gasteiger partial charge < -0.3 is 0 Å². The van der Waals surface area contributed by atoms with Gasteiger partial charge in [0, 0.05) is 5.57 Å². The molecule has 0 heterocycles. The first-order valence-corrected chi connectivity index (χ1v) is 16.7. The summed E-state index contributed by atoms with van der Waals surface area (Å²) in [6, 6.07) is 13.8. The molecule has 42 heavy (non-hydrogen) atoms. The van der Waals surface area contributed by atoms with Crippen molar-refractivity contribution in [3.05, 3.63) is 101 Å². The highest BCUT2D eigenvalue weighted by Crippen LogP contribution is 2.46. The molecule has 0 amide bonds. The molecule has 2 aromatic carbocycles. The minimum absolute atomic E-state index is 0.338. The van der Waals surface area contributed by atoms with Crippen LogP contribution < -0.4 is 0 Å². The normalized spacial score (nSPS) is 19.3. The SMILES string of the molecule is C=C=C(CC1(C)CCC(C(C)C)CC1)c1cc(-c2ccc(C(=C)CCCC(C=CCCCC)=CC)cc2C)ccc1C. The Hall–Kier alpha value is -2.82. The van der Waals surface area contributed by atoms with Crippen molar-refractivity contribution in [3.8, 4) is 11.1 Å². The van der Waals surface area contributed by atoms with Crippen LogP contribution in [0.3, 0.4) is 0 Å². The van der Waals surface area contributed by atoms with Gasteiger partial charge in [0.2, 0.25) is 0 Å². The number of allylic oxidation sites excluding steroid dienone is 6. The van der Waals surface area contributed by atoms with Crippen LogP contribution in [0, 0.1) is 31.1 Å². The van der Waals surface area contributed by atoms with Crippen molar-refractivity contribution in [3.63, 3.8) is 0 Å². The van der Waals surface area contributed by atoms with Gasteiger partial charge in [-0.05, 0) is 141 Å². The summed E-state index contributed by atoms with van der Waals surface area (Å²) in [5.74, 6) is 1.67. The summed E-state index contributed by atoms with van der Waals surface area (Å²) in [5.41, 5.74) is 15.4. The first-order chi connectivity index (χ1) is 20.1. The molecule has 1 saturated carbocycles. The predicted octanol–water partition coefficient (Wildman–Crippen LogP) is 13.3. The minimum atomic E-state index is 0.338. The molecule has 1 aliphatic rings. The highest BCUT2D eigenvalue weighted by molar-refractivity contribution is 5.77. The van der Waals surface area contributed by atoms with Gasteiger partial charge >= 0.3 is 0 Å². The van der Waals surface area contributed by atoms with Crippen molar-refractivity contribution in [1.29, 1.82) is 0 Å². The molecule has 1 fully saturated rings. The van der Waals surface area contributed by atoms with Gasteiger partial charge in [-0.1, -0.05) is 108 Å². The highest BCUT2D eigenvalue weighted by Gasteiger charge is 2.33. The van der Waals surface area contributed by atoms with Crippen LogP contribution in [0.25, 0.3) is 22.3 Å².